The summed E-state index contributed by atoms with van der Waals surface area (Å²) in [5, 5.41) is 10.4. The van der Waals surface area contributed by atoms with E-state index in [4.69, 9.17) is 4.42 Å². The van der Waals surface area contributed by atoms with E-state index in [0.29, 0.717) is 31.1 Å². The number of carbonyl (C=O) groups is 1. The number of piperidine rings is 1. The van der Waals surface area contributed by atoms with E-state index in [1.165, 1.54) is 6.39 Å². The number of hydrogen-bond donors (Lipinski definition) is 1. The van der Waals surface area contributed by atoms with Gasteiger partial charge in [0.2, 0.25) is 0 Å². The average Bonchev–Trinajstić information content (AvgIpc) is 3.10. The van der Waals surface area contributed by atoms with E-state index in [9.17, 15) is 9.90 Å². The fourth-order valence-corrected chi connectivity index (χ4v) is 2.79. The molecule has 1 aliphatic carbocycles. The van der Waals surface area contributed by atoms with Crippen LogP contribution in [0.5, 0.6) is 0 Å². The van der Waals surface area contributed by atoms with Crippen molar-refractivity contribution < 1.29 is 14.3 Å². The molecule has 2 aliphatic rings. The Balaban J connectivity index is 1.80. The van der Waals surface area contributed by atoms with Gasteiger partial charge >= 0.3 is 0 Å². The van der Waals surface area contributed by atoms with Gasteiger partial charge in [0.05, 0.1) is 5.60 Å². The molecule has 1 N–H and O–H groups in total. The van der Waals surface area contributed by atoms with Crippen LogP contribution in [0.15, 0.2) is 10.8 Å². The molecule has 1 atom stereocenters. The van der Waals surface area contributed by atoms with Crippen LogP contribution >= 0.6 is 0 Å². The van der Waals surface area contributed by atoms with Crippen molar-refractivity contribution in [1.29, 1.82) is 0 Å². The molecule has 110 valence electrons. The molecule has 1 aromatic heterocycles. The zero-order valence-electron chi connectivity index (χ0n) is 12.3. The Morgan fingerprint density at radius 1 is 1.45 bits per heavy atom. The summed E-state index contributed by atoms with van der Waals surface area (Å²) in [6.45, 7) is 6.94. The van der Waals surface area contributed by atoms with Gasteiger partial charge in [0.15, 0.2) is 12.1 Å². The van der Waals surface area contributed by atoms with Gasteiger partial charge in [-0.2, -0.15) is 0 Å². The predicted molar refractivity (Wildman–Crippen MR) is 73.4 cm³/mol. The van der Waals surface area contributed by atoms with Crippen LogP contribution < -0.4 is 0 Å². The highest BCUT2D eigenvalue weighted by Crippen LogP contribution is 2.43. The minimum absolute atomic E-state index is 0.0655. The summed E-state index contributed by atoms with van der Waals surface area (Å²) in [6, 6.07) is 0. The summed E-state index contributed by atoms with van der Waals surface area (Å²) in [6.07, 6.45) is 4.11. The molecule has 2 fully saturated rings. The van der Waals surface area contributed by atoms with Gasteiger partial charge in [0, 0.05) is 24.4 Å². The fourth-order valence-electron chi connectivity index (χ4n) is 2.79. The van der Waals surface area contributed by atoms with Crippen molar-refractivity contribution in [3.8, 4) is 0 Å². The second-order valence-corrected chi connectivity index (χ2v) is 6.97. The van der Waals surface area contributed by atoms with Gasteiger partial charge < -0.3 is 14.4 Å². The Morgan fingerprint density at radius 3 is 2.75 bits per heavy atom. The van der Waals surface area contributed by atoms with Crippen molar-refractivity contribution in [2.24, 2.45) is 5.41 Å². The first-order chi connectivity index (χ1) is 9.32. The largest absolute Gasteiger partial charge is 0.447 e. The first-order valence-electron chi connectivity index (χ1n) is 7.27. The minimum Gasteiger partial charge on any atom is -0.447 e. The number of oxazole rings is 1. The van der Waals surface area contributed by atoms with E-state index in [1.807, 2.05) is 20.8 Å². The van der Waals surface area contributed by atoms with E-state index >= 15 is 0 Å². The molecule has 3 rings (SSSR count). The van der Waals surface area contributed by atoms with Crippen LogP contribution in [0.3, 0.4) is 0 Å². The molecule has 5 nitrogen and oxygen atoms in total. The van der Waals surface area contributed by atoms with Gasteiger partial charge in [0.1, 0.15) is 5.76 Å². The first-order valence-corrected chi connectivity index (χ1v) is 7.27. The topological polar surface area (TPSA) is 66.6 Å². The molecule has 20 heavy (non-hydrogen) atoms. The number of aliphatic hydroxyl groups is 1. The highest BCUT2D eigenvalue weighted by Gasteiger charge is 2.46. The number of nitrogens with zero attached hydrogens (tertiary/aromatic N) is 2. The van der Waals surface area contributed by atoms with Crippen molar-refractivity contribution in [1.82, 2.24) is 9.88 Å². The molecular formula is C15H22N2O3. The summed E-state index contributed by atoms with van der Waals surface area (Å²) in [5.74, 6) is 1.05. The second kappa shape index (κ2) is 4.32. The van der Waals surface area contributed by atoms with Gasteiger partial charge in [0.25, 0.3) is 5.91 Å². The summed E-state index contributed by atoms with van der Waals surface area (Å²) in [5.41, 5.74) is -0.609. The van der Waals surface area contributed by atoms with Crippen molar-refractivity contribution in [2.45, 2.75) is 51.6 Å². The molecular weight excluding hydrogens is 256 g/mol. The number of likely N-dealkylation sites (tertiary alicyclic amines) is 1. The summed E-state index contributed by atoms with van der Waals surface area (Å²) in [7, 11) is 0. The average molecular weight is 278 g/mol. The maximum Gasteiger partial charge on any atom is 0.276 e. The highest BCUT2D eigenvalue weighted by molar-refractivity contribution is 5.93. The monoisotopic (exact) mass is 278 g/mol. The molecule has 2 heterocycles. The smallest absolute Gasteiger partial charge is 0.276 e. The molecule has 0 spiro atoms. The van der Waals surface area contributed by atoms with Gasteiger partial charge in [-0.15, -0.1) is 0 Å². The minimum atomic E-state index is -0.743. The fraction of sp³-hybridized carbons (Fsp3) is 0.733. The number of carbonyl (C=O) groups excluding carboxylic acids is 1. The van der Waals surface area contributed by atoms with Gasteiger partial charge in [-0.25, -0.2) is 4.98 Å². The van der Waals surface area contributed by atoms with E-state index in [2.05, 4.69) is 4.98 Å². The Morgan fingerprint density at radius 2 is 2.15 bits per heavy atom. The van der Waals surface area contributed by atoms with E-state index in [1.54, 1.807) is 4.90 Å². The number of rotatable bonds is 2. The van der Waals surface area contributed by atoms with Crippen LogP contribution in [-0.4, -0.2) is 39.6 Å². The van der Waals surface area contributed by atoms with Crippen LogP contribution in [0.25, 0.3) is 0 Å². The lowest BCUT2D eigenvalue weighted by Crippen LogP contribution is -2.57. The molecule has 1 aliphatic heterocycles. The third-order valence-corrected chi connectivity index (χ3v) is 4.95. The Bertz CT molecular complexity index is 529. The quantitative estimate of drug-likeness (QED) is 0.900. The van der Waals surface area contributed by atoms with Crippen LogP contribution in [0.4, 0.5) is 0 Å². The van der Waals surface area contributed by atoms with Gasteiger partial charge in [-0.05, 0) is 26.2 Å². The van der Waals surface area contributed by atoms with Gasteiger partial charge in [-0.3, -0.25) is 4.79 Å². The molecule has 0 unspecified atom stereocenters. The number of aromatic nitrogens is 1. The summed E-state index contributed by atoms with van der Waals surface area (Å²) in [4.78, 5) is 18.5. The van der Waals surface area contributed by atoms with Gasteiger partial charge in [-0.1, -0.05) is 13.8 Å². The van der Waals surface area contributed by atoms with Crippen molar-refractivity contribution in [2.75, 3.05) is 13.1 Å². The maximum atomic E-state index is 12.6. The third kappa shape index (κ3) is 2.14. The Kier molecular flexibility index (Phi) is 2.94. The molecule has 1 aromatic rings. The number of amides is 1. The van der Waals surface area contributed by atoms with Crippen molar-refractivity contribution in [3.63, 3.8) is 0 Å². The highest BCUT2D eigenvalue weighted by atomic mass is 16.3. The molecule has 1 saturated carbocycles. The SMILES string of the molecule is CC1(C)CN(C(=O)c2ncoc2C2CC2)CC[C@@]1(C)O. The molecule has 1 saturated heterocycles. The molecule has 0 radical (unpaired) electrons. The predicted octanol–water partition coefficient (Wildman–Crippen LogP) is 2.18. The second-order valence-electron chi connectivity index (χ2n) is 6.97. The Hall–Kier alpha value is -1.36. The van der Waals surface area contributed by atoms with E-state index < -0.39 is 5.60 Å². The van der Waals surface area contributed by atoms with E-state index in [-0.39, 0.29) is 11.3 Å². The van der Waals surface area contributed by atoms with Crippen molar-refractivity contribution >= 4 is 5.91 Å². The molecule has 1 amide bonds. The zero-order chi connectivity index (χ0) is 14.5. The zero-order valence-corrected chi connectivity index (χ0v) is 12.3. The molecule has 0 aromatic carbocycles. The lowest BCUT2D eigenvalue weighted by atomic mass is 9.71. The van der Waals surface area contributed by atoms with Crippen LogP contribution in [0, 0.1) is 5.41 Å². The lowest BCUT2D eigenvalue weighted by Gasteiger charge is -2.48. The normalized spacial score (nSPS) is 29.5. The van der Waals surface area contributed by atoms with E-state index in [0.717, 1.165) is 18.6 Å². The third-order valence-electron chi connectivity index (χ3n) is 4.95. The lowest BCUT2D eigenvalue weighted by molar-refractivity contribution is -0.0971. The summed E-state index contributed by atoms with van der Waals surface area (Å²) >= 11 is 0. The Labute approximate surface area is 119 Å². The van der Waals surface area contributed by atoms with Crippen molar-refractivity contribution in [3.05, 3.63) is 17.8 Å². The molecule has 0 bridgehead atoms. The maximum absolute atomic E-state index is 12.6. The van der Waals surface area contributed by atoms with Crippen LogP contribution in [-0.2, 0) is 0 Å². The van der Waals surface area contributed by atoms with Crippen LogP contribution in [0.1, 0.15) is 62.2 Å². The van der Waals surface area contributed by atoms with Crippen LogP contribution in [0.2, 0.25) is 0 Å². The summed E-state index contributed by atoms with van der Waals surface area (Å²) < 4.78 is 5.39. The molecule has 5 heteroatoms. The number of hydrogen-bond acceptors (Lipinski definition) is 4. The first kappa shape index (κ1) is 13.6. The standard InChI is InChI=1S/C15H22N2O3/c1-14(2)8-17(7-6-15(14,3)19)13(18)11-12(10-4-5-10)20-9-16-11/h9-10,19H,4-8H2,1-3H3/t15-/m1/s1.